The summed E-state index contributed by atoms with van der Waals surface area (Å²) in [6, 6.07) is 9.97. The van der Waals surface area contributed by atoms with Crippen molar-refractivity contribution in [1.82, 2.24) is 4.90 Å². The van der Waals surface area contributed by atoms with Crippen LogP contribution < -0.4 is 0 Å². The maximum Gasteiger partial charge on any atom is 0.00535 e. The molecule has 1 atom stereocenters. The van der Waals surface area contributed by atoms with Gasteiger partial charge in [0.15, 0.2) is 0 Å². The van der Waals surface area contributed by atoms with Crippen LogP contribution >= 0.6 is 0 Å². The molecule has 1 heteroatoms. The lowest BCUT2D eigenvalue weighted by atomic mass is 9.95. The van der Waals surface area contributed by atoms with Crippen molar-refractivity contribution in [3.63, 3.8) is 0 Å². The first-order chi connectivity index (χ1) is 8.08. The summed E-state index contributed by atoms with van der Waals surface area (Å²) in [4.78, 5) is 2.58. The quantitative estimate of drug-likeness (QED) is 0.760. The van der Waals surface area contributed by atoms with E-state index in [1.54, 1.807) is 0 Å². The Labute approximate surface area is 106 Å². The highest BCUT2D eigenvalue weighted by Crippen LogP contribution is 2.29. The topological polar surface area (TPSA) is 3.24 Å². The van der Waals surface area contributed by atoms with E-state index in [-0.39, 0.29) is 0 Å². The van der Waals surface area contributed by atoms with Crippen LogP contribution in [0.3, 0.4) is 0 Å². The average molecular weight is 231 g/mol. The highest BCUT2D eigenvalue weighted by Gasteiger charge is 2.25. The molecule has 1 aromatic rings. The van der Waals surface area contributed by atoms with E-state index in [1.165, 1.54) is 30.6 Å². The molecule has 2 rings (SSSR count). The van der Waals surface area contributed by atoms with Crippen LogP contribution in [-0.4, -0.2) is 24.0 Å². The lowest BCUT2D eigenvalue weighted by molar-refractivity contribution is 0.272. The van der Waals surface area contributed by atoms with Gasteiger partial charge in [-0.1, -0.05) is 38.1 Å². The van der Waals surface area contributed by atoms with Gasteiger partial charge in [-0.25, -0.2) is 0 Å². The minimum absolute atomic E-state index is 0.639. The third-order valence-corrected chi connectivity index (χ3v) is 4.02. The van der Waals surface area contributed by atoms with Gasteiger partial charge in [0.25, 0.3) is 0 Å². The Balaban J connectivity index is 2.04. The van der Waals surface area contributed by atoms with Crippen molar-refractivity contribution >= 4 is 0 Å². The zero-order valence-electron chi connectivity index (χ0n) is 11.6. The van der Waals surface area contributed by atoms with Crippen molar-refractivity contribution in [2.75, 3.05) is 13.1 Å². The van der Waals surface area contributed by atoms with E-state index in [0.717, 1.165) is 5.92 Å². The van der Waals surface area contributed by atoms with Gasteiger partial charge in [0.05, 0.1) is 0 Å². The maximum atomic E-state index is 2.58. The Bertz CT molecular complexity index is 350. The Hall–Kier alpha value is -0.820. The molecule has 0 N–H and O–H groups in total. The molecule has 94 valence electrons. The summed E-state index contributed by atoms with van der Waals surface area (Å²) in [5, 5.41) is 0. The molecule has 0 bridgehead atoms. The smallest absolute Gasteiger partial charge is 0.00535 e. The zero-order chi connectivity index (χ0) is 12.4. The molecule has 1 fully saturated rings. The Morgan fingerprint density at radius 1 is 1.06 bits per heavy atom. The molecule has 1 aromatic carbocycles. The van der Waals surface area contributed by atoms with E-state index in [0.29, 0.717) is 12.0 Å². The third-order valence-electron chi connectivity index (χ3n) is 4.02. The van der Waals surface area contributed by atoms with Crippen LogP contribution in [0.15, 0.2) is 24.3 Å². The van der Waals surface area contributed by atoms with E-state index in [9.17, 15) is 0 Å². The molecule has 1 heterocycles. The average Bonchev–Trinajstić information content (AvgIpc) is 2.78. The van der Waals surface area contributed by atoms with E-state index < -0.39 is 0 Å². The SMILES string of the molecule is CC(C)c1ccc(C2CCN(C(C)C)C2)cc1. The monoisotopic (exact) mass is 231 g/mol. The Morgan fingerprint density at radius 3 is 2.18 bits per heavy atom. The molecule has 1 nitrogen and oxygen atoms in total. The molecule has 1 aliphatic heterocycles. The minimum atomic E-state index is 0.639. The molecule has 1 unspecified atom stereocenters. The fourth-order valence-corrected chi connectivity index (χ4v) is 2.68. The van der Waals surface area contributed by atoms with Gasteiger partial charge in [-0.05, 0) is 49.8 Å². The van der Waals surface area contributed by atoms with Crippen LogP contribution in [0.4, 0.5) is 0 Å². The summed E-state index contributed by atoms with van der Waals surface area (Å²) >= 11 is 0. The van der Waals surface area contributed by atoms with E-state index >= 15 is 0 Å². The number of nitrogens with zero attached hydrogens (tertiary/aromatic N) is 1. The predicted molar refractivity (Wildman–Crippen MR) is 74.6 cm³/mol. The van der Waals surface area contributed by atoms with Crippen LogP contribution in [0.2, 0.25) is 0 Å². The summed E-state index contributed by atoms with van der Waals surface area (Å²) in [6.45, 7) is 11.6. The van der Waals surface area contributed by atoms with Gasteiger partial charge in [0.2, 0.25) is 0 Å². The van der Waals surface area contributed by atoms with Gasteiger partial charge in [0, 0.05) is 12.6 Å². The first-order valence-electron chi connectivity index (χ1n) is 6.92. The first-order valence-corrected chi connectivity index (χ1v) is 6.92. The van der Waals surface area contributed by atoms with Crippen molar-refractivity contribution in [3.05, 3.63) is 35.4 Å². The number of likely N-dealkylation sites (tertiary alicyclic amines) is 1. The van der Waals surface area contributed by atoms with Crippen LogP contribution in [0.25, 0.3) is 0 Å². The maximum absolute atomic E-state index is 2.58. The first kappa shape index (κ1) is 12.6. The molecule has 0 aliphatic carbocycles. The van der Waals surface area contributed by atoms with Gasteiger partial charge in [-0.2, -0.15) is 0 Å². The second kappa shape index (κ2) is 5.22. The summed E-state index contributed by atoms with van der Waals surface area (Å²) in [7, 11) is 0. The summed E-state index contributed by atoms with van der Waals surface area (Å²) < 4.78 is 0. The lowest BCUT2D eigenvalue weighted by Crippen LogP contribution is -2.27. The van der Waals surface area contributed by atoms with Gasteiger partial charge in [-0.15, -0.1) is 0 Å². The molecule has 0 saturated carbocycles. The largest absolute Gasteiger partial charge is 0.300 e. The molecule has 1 saturated heterocycles. The van der Waals surface area contributed by atoms with Gasteiger partial charge >= 0.3 is 0 Å². The van der Waals surface area contributed by atoms with Crippen LogP contribution in [0.1, 0.15) is 57.1 Å². The molecule has 0 radical (unpaired) electrons. The fraction of sp³-hybridized carbons (Fsp3) is 0.625. The van der Waals surface area contributed by atoms with Crippen molar-refractivity contribution in [2.24, 2.45) is 0 Å². The number of hydrogen-bond acceptors (Lipinski definition) is 1. The van der Waals surface area contributed by atoms with E-state index in [1.807, 2.05) is 0 Å². The zero-order valence-corrected chi connectivity index (χ0v) is 11.6. The molecular weight excluding hydrogens is 206 g/mol. The van der Waals surface area contributed by atoms with Crippen molar-refractivity contribution in [3.8, 4) is 0 Å². The minimum Gasteiger partial charge on any atom is -0.300 e. The molecule has 17 heavy (non-hydrogen) atoms. The lowest BCUT2D eigenvalue weighted by Gasteiger charge is -2.20. The Morgan fingerprint density at radius 2 is 1.71 bits per heavy atom. The predicted octanol–water partition coefficient (Wildman–Crippen LogP) is 4.01. The second-order valence-corrected chi connectivity index (χ2v) is 5.90. The third kappa shape index (κ3) is 2.90. The molecule has 0 spiro atoms. The molecule has 1 aliphatic rings. The molecular formula is C16H25N. The van der Waals surface area contributed by atoms with Crippen molar-refractivity contribution < 1.29 is 0 Å². The Kier molecular flexibility index (Phi) is 3.88. The van der Waals surface area contributed by atoms with E-state index in [2.05, 4.69) is 56.9 Å². The number of benzene rings is 1. The van der Waals surface area contributed by atoms with Gasteiger partial charge in [-0.3, -0.25) is 0 Å². The standard InChI is InChI=1S/C16H25N/c1-12(2)14-5-7-15(8-6-14)16-9-10-17(11-16)13(3)4/h5-8,12-13,16H,9-11H2,1-4H3. The van der Waals surface area contributed by atoms with E-state index in [4.69, 9.17) is 0 Å². The summed E-state index contributed by atoms with van der Waals surface area (Å²) in [5.41, 5.74) is 2.98. The van der Waals surface area contributed by atoms with Crippen LogP contribution in [0, 0.1) is 0 Å². The highest BCUT2D eigenvalue weighted by molar-refractivity contribution is 5.28. The molecule has 0 amide bonds. The number of rotatable bonds is 3. The molecule has 0 aromatic heterocycles. The summed E-state index contributed by atoms with van der Waals surface area (Å²) in [5.74, 6) is 1.39. The van der Waals surface area contributed by atoms with Crippen LogP contribution in [-0.2, 0) is 0 Å². The second-order valence-electron chi connectivity index (χ2n) is 5.90. The normalized spacial score (nSPS) is 21.6. The van der Waals surface area contributed by atoms with Crippen molar-refractivity contribution in [1.29, 1.82) is 0 Å². The highest BCUT2D eigenvalue weighted by atomic mass is 15.2. The van der Waals surface area contributed by atoms with Crippen molar-refractivity contribution in [2.45, 2.75) is 52.0 Å². The summed E-state index contributed by atoms with van der Waals surface area (Å²) in [6.07, 6.45) is 1.32. The van der Waals surface area contributed by atoms with Gasteiger partial charge < -0.3 is 4.90 Å². The fourth-order valence-electron chi connectivity index (χ4n) is 2.68. The van der Waals surface area contributed by atoms with Gasteiger partial charge in [0.1, 0.15) is 0 Å². The van der Waals surface area contributed by atoms with Crippen LogP contribution in [0.5, 0.6) is 0 Å². The number of hydrogen-bond donors (Lipinski definition) is 0.